The molecule has 0 bridgehead atoms. The van der Waals surface area contributed by atoms with E-state index in [0.29, 0.717) is 22.3 Å². The smallest absolute Gasteiger partial charge is 0.848 e. The van der Waals surface area contributed by atoms with Gasteiger partial charge in [-0.05, 0) is 42.3 Å². The molecule has 12 heteroatoms. The van der Waals surface area contributed by atoms with Gasteiger partial charge in [0.1, 0.15) is 0 Å². The van der Waals surface area contributed by atoms with Crippen LogP contribution in [0.2, 0.25) is 15.1 Å². The van der Waals surface area contributed by atoms with Crippen LogP contribution in [-0.2, 0) is 22.6 Å². The monoisotopic (exact) mass is 605 g/mol. The third kappa shape index (κ3) is 6.32. The Balaban J connectivity index is 0.00000441. The molecule has 0 fully saturated rings. The molecule has 4 rings (SSSR count). The summed E-state index contributed by atoms with van der Waals surface area (Å²) in [6, 6.07) is 14.7. The van der Waals surface area contributed by atoms with Gasteiger partial charge in [0, 0.05) is 24.1 Å². The number of benzene rings is 3. The molecule has 0 saturated heterocycles. The van der Waals surface area contributed by atoms with Crippen molar-refractivity contribution in [3.05, 3.63) is 103 Å². The Labute approximate surface area is 248 Å². The molecule has 5 nitrogen and oxygen atoms in total. The SMILES string of the molecule is Cc1cc(C2=NOC(c3cc(Cl)c(Cl)c(Cl)c3)(C(F)(F)F)C2)ccc1C(=O)NCc1cc[c-]c(C(C)(C)[O-])c1.[Be+2]. The summed E-state index contributed by atoms with van der Waals surface area (Å²) in [5.41, 5.74) is -1.99. The number of hydrogen-bond donors (Lipinski definition) is 1. The van der Waals surface area contributed by atoms with Crippen LogP contribution in [0.4, 0.5) is 13.2 Å². The Bertz CT molecular complexity index is 1450. The number of nitrogens with one attached hydrogen (secondary N) is 1. The topological polar surface area (TPSA) is 73.8 Å². The molecular formula is C28H22BeCl3F3N2O3. The number of hydrogen-bond acceptors (Lipinski definition) is 4. The first-order valence-electron chi connectivity index (χ1n) is 11.7. The predicted octanol–water partition coefficient (Wildman–Crippen LogP) is 6.48. The van der Waals surface area contributed by atoms with E-state index in [1.807, 2.05) is 0 Å². The van der Waals surface area contributed by atoms with Crippen LogP contribution in [0, 0.1) is 13.0 Å². The van der Waals surface area contributed by atoms with Gasteiger partial charge in [-0.3, -0.25) is 4.79 Å². The van der Waals surface area contributed by atoms with Crippen molar-refractivity contribution in [3.8, 4) is 0 Å². The van der Waals surface area contributed by atoms with Gasteiger partial charge >= 0.3 is 16.3 Å². The summed E-state index contributed by atoms with van der Waals surface area (Å²) < 4.78 is 43.0. The molecule has 1 aliphatic rings. The normalized spacial score (nSPS) is 17.1. The van der Waals surface area contributed by atoms with Gasteiger partial charge in [-0.2, -0.15) is 43.0 Å². The fraction of sp³-hybridized carbons (Fsp3) is 0.286. The summed E-state index contributed by atoms with van der Waals surface area (Å²) in [6.45, 7) is 4.91. The van der Waals surface area contributed by atoms with Gasteiger partial charge in [-0.15, -0.1) is 11.2 Å². The molecule has 3 aromatic rings. The van der Waals surface area contributed by atoms with Gasteiger partial charge in [-0.1, -0.05) is 59.9 Å². The summed E-state index contributed by atoms with van der Waals surface area (Å²) in [7, 11) is 0. The summed E-state index contributed by atoms with van der Waals surface area (Å²) in [5.74, 6) is -0.380. The standard InChI is InChI=1S/C28H22Cl3F3N2O3.Be/c1-15-9-17(7-8-20(15)25(37)35-14-16-5-4-6-18(10-16)26(2,3)38)23-13-27(39-36-23,28(32,33)34)19-11-21(29)24(31)22(30)12-19;/h4-5,7-12H,13-14H2,1-3H3,(H,35,37);/q-2;+2. The average Bonchev–Trinajstić information content (AvgIpc) is 3.32. The number of rotatable bonds is 6. The molecule has 40 heavy (non-hydrogen) atoms. The largest absolute Gasteiger partial charge is 2.00 e. The second kappa shape index (κ2) is 11.7. The van der Waals surface area contributed by atoms with Crippen molar-refractivity contribution < 1.29 is 27.9 Å². The maximum atomic E-state index is 14.3. The summed E-state index contributed by atoms with van der Waals surface area (Å²) in [4.78, 5) is 17.9. The quantitative estimate of drug-likeness (QED) is 0.198. The van der Waals surface area contributed by atoms with Crippen LogP contribution in [0.5, 0.6) is 0 Å². The molecule has 0 aliphatic carbocycles. The van der Waals surface area contributed by atoms with E-state index in [-0.39, 0.29) is 48.9 Å². The van der Waals surface area contributed by atoms with Crippen molar-refractivity contribution in [3.63, 3.8) is 0 Å². The fourth-order valence-electron chi connectivity index (χ4n) is 4.19. The minimum atomic E-state index is -4.86. The summed E-state index contributed by atoms with van der Waals surface area (Å²) in [6.07, 6.45) is -5.50. The van der Waals surface area contributed by atoms with Gasteiger partial charge in [0.2, 0.25) is 0 Å². The molecule has 0 spiro atoms. The Morgan fingerprint density at radius 3 is 2.35 bits per heavy atom. The molecule has 0 saturated carbocycles. The van der Waals surface area contributed by atoms with E-state index in [1.54, 1.807) is 31.2 Å². The van der Waals surface area contributed by atoms with Crippen molar-refractivity contribution >= 4 is 56.5 Å². The van der Waals surface area contributed by atoms with E-state index >= 15 is 0 Å². The molecule has 206 valence electrons. The number of halogens is 6. The molecule has 1 aliphatic heterocycles. The van der Waals surface area contributed by atoms with Gasteiger partial charge in [0.15, 0.2) is 0 Å². The second-order valence-corrected chi connectivity index (χ2v) is 10.9. The number of oxime groups is 1. The van der Waals surface area contributed by atoms with Crippen LogP contribution in [-0.4, -0.2) is 27.9 Å². The molecule has 1 atom stereocenters. The molecule has 1 N–H and O–H groups in total. The van der Waals surface area contributed by atoms with E-state index in [4.69, 9.17) is 39.6 Å². The third-order valence-electron chi connectivity index (χ3n) is 6.41. The number of carbonyl (C=O) groups is 1. The molecule has 0 aromatic heterocycles. The van der Waals surface area contributed by atoms with Gasteiger partial charge in [-0.25, -0.2) is 0 Å². The van der Waals surface area contributed by atoms with E-state index in [2.05, 4.69) is 16.5 Å². The van der Waals surface area contributed by atoms with E-state index < -0.39 is 23.8 Å². The maximum Gasteiger partial charge on any atom is 2.00 e. The Morgan fingerprint density at radius 1 is 1.12 bits per heavy atom. The number of alkyl halides is 3. The zero-order chi connectivity index (χ0) is 28.8. The molecular weight excluding hydrogens is 585 g/mol. The van der Waals surface area contributed by atoms with Crippen molar-refractivity contribution in [2.75, 3.05) is 0 Å². The van der Waals surface area contributed by atoms with Crippen molar-refractivity contribution in [2.24, 2.45) is 5.16 Å². The van der Waals surface area contributed by atoms with E-state index in [9.17, 15) is 23.1 Å². The molecule has 1 heterocycles. The summed E-state index contributed by atoms with van der Waals surface area (Å²) >= 11 is 17.9. The molecule has 3 aromatic carbocycles. The molecule has 1 amide bonds. The molecule has 1 unspecified atom stereocenters. The average molecular weight is 607 g/mol. The van der Waals surface area contributed by atoms with Gasteiger partial charge in [0.25, 0.3) is 11.5 Å². The first-order valence-corrected chi connectivity index (χ1v) is 12.8. The number of amides is 1. The summed E-state index contributed by atoms with van der Waals surface area (Å²) in [5, 5.41) is 18.4. The van der Waals surface area contributed by atoms with Crippen LogP contribution in [0.3, 0.4) is 0 Å². The first kappa shape index (κ1) is 31.9. The van der Waals surface area contributed by atoms with Crippen LogP contribution in [0.25, 0.3) is 0 Å². The Morgan fingerprint density at radius 2 is 1.77 bits per heavy atom. The van der Waals surface area contributed by atoms with E-state index in [1.165, 1.54) is 26.0 Å². The van der Waals surface area contributed by atoms with Crippen molar-refractivity contribution in [1.82, 2.24) is 5.32 Å². The molecule has 0 radical (unpaired) electrons. The first-order chi connectivity index (χ1) is 18.1. The van der Waals surface area contributed by atoms with Crippen LogP contribution in [0.15, 0.2) is 53.7 Å². The van der Waals surface area contributed by atoms with Crippen LogP contribution < -0.4 is 10.4 Å². The Kier molecular flexibility index (Phi) is 9.34. The van der Waals surface area contributed by atoms with Gasteiger partial charge in [0.05, 0.1) is 20.8 Å². The van der Waals surface area contributed by atoms with Crippen molar-refractivity contribution in [2.45, 2.75) is 51.1 Å². The zero-order valence-corrected chi connectivity index (χ0v) is 23.9. The minimum Gasteiger partial charge on any atom is -0.848 e. The predicted molar refractivity (Wildman–Crippen MR) is 148 cm³/mol. The zero-order valence-electron chi connectivity index (χ0n) is 21.7. The fourth-order valence-corrected chi connectivity index (χ4v) is 4.79. The van der Waals surface area contributed by atoms with Crippen LogP contribution in [0.1, 0.15) is 58.4 Å². The minimum absolute atomic E-state index is 0. The second-order valence-electron chi connectivity index (χ2n) is 9.72. The van der Waals surface area contributed by atoms with Crippen LogP contribution >= 0.6 is 34.8 Å². The maximum absolute atomic E-state index is 14.3. The van der Waals surface area contributed by atoms with E-state index in [0.717, 1.165) is 17.7 Å². The van der Waals surface area contributed by atoms with Gasteiger partial charge < -0.3 is 15.3 Å². The number of aryl methyl sites for hydroxylation is 1. The number of nitrogens with zero attached hydrogens (tertiary/aromatic N) is 1. The number of carbonyl (C=O) groups excluding carboxylic acids is 1. The van der Waals surface area contributed by atoms with Crippen molar-refractivity contribution in [1.29, 1.82) is 0 Å². The Hall–Kier alpha value is -2.61. The third-order valence-corrected chi connectivity index (χ3v) is 7.60.